The van der Waals surface area contributed by atoms with E-state index in [9.17, 15) is 9.59 Å². The molecule has 0 saturated carbocycles. The molecule has 1 heterocycles. The number of amides is 1. The second-order valence-corrected chi connectivity index (χ2v) is 8.45. The first-order chi connectivity index (χ1) is 12.7. The summed E-state index contributed by atoms with van der Waals surface area (Å²) in [5.41, 5.74) is 2.94. The number of ether oxygens (including phenoxy) is 1. The van der Waals surface area contributed by atoms with Gasteiger partial charge in [-0.15, -0.1) is 11.3 Å². The Morgan fingerprint density at radius 3 is 2.81 bits per heavy atom. The topological polar surface area (TPSA) is 55.4 Å². The molecule has 0 fully saturated rings. The predicted molar refractivity (Wildman–Crippen MR) is 108 cm³/mol. The standard InChI is InChI=1S/C20H23NO3S2/c1-24-20(23)18-15-9-5-10-16(15)26-19(18)21-17(22)11-6-12-25-13-14-7-3-2-4-8-14/h2-4,7-8H,5-6,9-13H2,1H3,(H,21,22). The van der Waals surface area contributed by atoms with Crippen LogP contribution in [0.15, 0.2) is 30.3 Å². The molecule has 4 nitrogen and oxygen atoms in total. The fourth-order valence-electron chi connectivity index (χ4n) is 3.10. The van der Waals surface area contributed by atoms with Crippen LogP contribution < -0.4 is 5.32 Å². The van der Waals surface area contributed by atoms with Gasteiger partial charge in [-0.25, -0.2) is 4.79 Å². The molecule has 0 atom stereocenters. The van der Waals surface area contributed by atoms with Crippen molar-refractivity contribution in [1.82, 2.24) is 0 Å². The minimum absolute atomic E-state index is 0.0320. The van der Waals surface area contributed by atoms with Gasteiger partial charge in [-0.05, 0) is 42.6 Å². The number of esters is 1. The average molecular weight is 390 g/mol. The second-order valence-electron chi connectivity index (χ2n) is 6.24. The summed E-state index contributed by atoms with van der Waals surface area (Å²) >= 11 is 3.36. The van der Waals surface area contributed by atoms with E-state index in [0.717, 1.165) is 42.8 Å². The molecule has 138 valence electrons. The number of benzene rings is 1. The summed E-state index contributed by atoms with van der Waals surface area (Å²) in [4.78, 5) is 25.6. The zero-order valence-corrected chi connectivity index (χ0v) is 16.5. The number of aryl methyl sites for hydroxylation is 1. The molecule has 6 heteroatoms. The Balaban J connectivity index is 1.47. The number of thioether (sulfide) groups is 1. The zero-order chi connectivity index (χ0) is 18.4. The number of carbonyl (C=O) groups excluding carboxylic acids is 2. The number of hydrogen-bond donors (Lipinski definition) is 1. The molecular formula is C20H23NO3S2. The molecule has 1 aromatic heterocycles. The number of thiophene rings is 1. The van der Waals surface area contributed by atoms with Gasteiger partial charge in [-0.3, -0.25) is 4.79 Å². The molecule has 0 radical (unpaired) electrons. The lowest BCUT2D eigenvalue weighted by Gasteiger charge is -2.07. The van der Waals surface area contributed by atoms with Crippen molar-refractivity contribution < 1.29 is 14.3 Å². The smallest absolute Gasteiger partial charge is 0.341 e. The SMILES string of the molecule is COC(=O)c1c(NC(=O)CCCSCc2ccccc2)sc2c1CCC2. The Bertz CT molecular complexity index is 771. The van der Waals surface area contributed by atoms with Crippen LogP contribution in [0.4, 0.5) is 5.00 Å². The van der Waals surface area contributed by atoms with Gasteiger partial charge in [0.2, 0.25) is 5.91 Å². The number of methoxy groups -OCH3 is 1. The highest BCUT2D eigenvalue weighted by Gasteiger charge is 2.27. The fraction of sp³-hybridized carbons (Fsp3) is 0.400. The molecule has 0 aliphatic heterocycles. The fourth-order valence-corrected chi connectivity index (χ4v) is 5.31. The summed E-state index contributed by atoms with van der Waals surface area (Å²) in [7, 11) is 1.39. The van der Waals surface area contributed by atoms with Crippen LogP contribution in [-0.4, -0.2) is 24.7 Å². The third-order valence-corrected chi connectivity index (χ3v) is 6.69. The van der Waals surface area contributed by atoms with Crippen LogP contribution in [0.2, 0.25) is 0 Å². The van der Waals surface area contributed by atoms with Crippen LogP contribution in [-0.2, 0) is 28.1 Å². The number of anilines is 1. The van der Waals surface area contributed by atoms with Crippen LogP contribution in [0, 0.1) is 0 Å². The molecule has 1 aliphatic carbocycles. The van der Waals surface area contributed by atoms with Gasteiger partial charge in [0.15, 0.2) is 0 Å². The normalized spacial score (nSPS) is 12.7. The Kier molecular flexibility index (Phi) is 6.74. The minimum Gasteiger partial charge on any atom is -0.465 e. The van der Waals surface area contributed by atoms with Crippen LogP contribution in [0.3, 0.4) is 0 Å². The average Bonchev–Trinajstić information content (AvgIpc) is 3.22. The van der Waals surface area contributed by atoms with Crippen LogP contribution in [0.1, 0.15) is 45.6 Å². The Morgan fingerprint density at radius 1 is 1.23 bits per heavy atom. The molecule has 0 spiro atoms. The summed E-state index contributed by atoms with van der Waals surface area (Å²) in [6.45, 7) is 0. The molecule has 2 aromatic rings. The first-order valence-corrected chi connectivity index (χ1v) is 10.8. The van der Waals surface area contributed by atoms with Gasteiger partial charge >= 0.3 is 5.97 Å². The highest BCUT2D eigenvalue weighted by molar-refractivity contribution is 7.98. The van der Waals surface area contributed by atoms with Gasteiger partial charge in [-0.1, -0.05) is 30.3 Å². The second kappa shape index (κ2) is 9.24. The summed E-state index contributed by atoms with van der Waals surface area (Å²) in [6, 6.07) is 10.3. The van der Waals surface area contributed by atoms with Crippen molar-refractivity contribution in [3.05, 3.63) is 51.9 Å². The summed E-state index contributed by atoms with van der Waals surface area (Å²) in [6.07, 6.45) is 4.23. The molecule has 1 amide bonds. The lowest BCUT2D eigenvalue weighted by molar-refractivity contribution is -0.116. The molecule has 3 rings (SSSR count). The van der Waals surface area contributed by atoms with Crippen molar-refractivity contribution in [3.8, 4) is 0 Å². The highest BCUT2D eigenvalue weighted by Crippen LogP contribution is 2.39. The maximum atomic E-state index is 12.3. The minimum atomic E-state index is -0.349. The molecule has 1 aromatic carbocycles. The molecule has 0 saturated heterocycles. The Labute approximate surface area is 162 Å². The molecule has 1 aliphatic rings. The van der Waals surface area contributed by atoms with Gasteiger partial charge in [0, 0.05) is 17.1 Å². The number of hydrogen-bond acceptors (Lipinski definition) is 5. The van der Waals surface area contributed by atoms with Crippen molar-refractivity contribution >= 4 is 40.0 Å². The van der Waals surface area contributed by atoms with E-state index in [1.807, 2.05) is 30.0 Å². The van der Waals surface area contributed by atoms with Gasteiger partial charge in [0.1, 0.15) is 5.00 Å². The van der Waals surface area contributed by atoms with E-state index in [4.69, 9.17) is 4.74 Å². The summed E-state index contributed by atoms with van der Waals surface area (Å²) in [5, 5.41) is 3.59. The molecule has 1 N–H and O–H groups in total. The molecule has 0 bridgehead atoms. The van der Waals surface area contributed by atoms with E-state index < -0.39 is 0 Å². The maximum Gasteiger partial charge on any atom is 0.341 e. The maximum absolute atomic E-state index is 12.3. The zero-order valence-electron chi connectivity index (χ0n) is 14.9. The number of rotatable bonds is 8. The number of fused-ring (bicyclic) bond motifs is 1. The van der Waals surface area contributed by atoms with Crippen LogP contribution >= 0.6 is 23.1 Å². The third-order valence-electron chi connectivity index (χ3n) is 4.37. The van der Waals surface area contributed by atoms with E-state index in [1.165, 1.54) is 28.9 Å². The van der Waals surface area contributed by atoms with E-state index in [2.05, 4.69) is 17.4 Å². The predicted octanol–water partition coefficient (Wildman–Crippen LogP) is 4.68. The highest BCUT2D eigenvalue weighted by atomic mass is 32.2. The Morgan fingerprint density at radius 2 is 2.04 bits per heavy atom. The monoisotopic (exact) mass is 389 g/mol. The third kappa shape index (κ3) is 4.68. The van der Waals surface area contributed by atoms with E-state index in [-0.39, 0.29) is 11.9 Å². The first-order valence-electron chi connectivity index (χ1n) is 8.83. The molecular weight excluding hydrogens is 366 g/mol. The summed E-state index contributed by atoms with van der Waals surface area (Å²) in [5.74, 6) is 1.52. The number of nitrogens with one attached hydrogen (secondary N) is 1. The largest absolute Gasteiger partial charge is 0.465 e. The van der Waals surface area contributed by atoms with Gasteiger partial charge in [-0.2, -0.15) is 11.8 Å². The van der Waals surface area contributed by atoms with Crippen molar-refractivity contribution in [2.45, 2.75) is 37.9 Å². The van der Waals surface area contributed by atoms with Crippen LogP contribution in [0.5, 0.6) is 0 Å². The lowest BCUT2D eigenvalue weighted by atomic mass is 10.1. The number of carbonyl (C=O) groups is 2. The van der Waals surface area contributed by atoms with Crippen molar-refractivity contribution in [3.63, 3.8) is 0 Å². The lowest BCUT2D eigenvalue weighted by Crippen LogP contribution is -2.14. The van der Waals surface area contributed by atoms with Gasteiger partial charge < -0.3 is 10.1 Å². The van der Waals surface area contributed by atoms with E-state index in [1.54, 1.807) is 0 Å². The van der Waals surface area contributed by atoms with Crippen molar-refractivity contribution in [2.24, 2.45) is 0 Å². The van der Waals surface area contributed by atoms with E-state index >= 15 is 0 Å². The van der Waals surface area contributed by atoms with Crippen molar-refractivity contribution in [2.75, 3.05) is 18.2 Å². The summed E-state index contributed by atoms with van der Waals surface area (Å²) < 4.78 is 4.91. The van der Waals surface area contributed by atoms with Gasteiger partial charge in [0.05, 0.1) is 12.7 Å². The van der Waals surface area contributed by atoms with Gasteiger partial charge in [0.25, 0.3) is 0 Å². The van der Waals surface area contributed by atoms with Crippen LogP contribution in [0.25, 0.3) is 0 Å². The Hall–Kier alpha value is -1.79. The first kappa shape index (κ1) is 19.0. The molecule has 0 unspecified atom stereocenters. The van der Waals surface area contributed by atoms with E-state index in [0.29, 0.717) is 17.0 Å². The quantitative estimate of drug-likeness (QED) is 0.526. The van der Waals surface area contributed by atoms with Crippen molar-refractivity contribution in [1.29, 1.82) is 0 Å². The molecule has 26 heavy (non-hydrogen) atoms.